The highest BCUT2D eigenvalue weighted by Gasteiger charge is 2.23. The first-order valence-electron chi connectivity index (χ1n) is 8.63. The van der Waals surface area contributed by atoms with Crippen molar-refractivity contribution in [2.45, 2.75) is 37.6 Å². The van der Waals surface area contributed by atoms with Crippen LogP contribution in [0.25, 0.3) is 5.65 Å². The van der Waals surface area contributed by atoms with E-state index in [-0.39, 0.29) is 17.5 Å². The molecule has 8 heteroatoms. The summed E-state index contributed by atoms with van der Waals surface area (Å²) in [6, 6.07) is 5.20. The lowest BCUT2D eigenvalue weighted by atomic mass is 9.85. The van der Waals surface area contributed by atoms with Crippen molar-refractivity contribution in [3.8, 4) is 0 Å². The number of nitrogen functional groups attached to an aromatic ring is 1. The van der Waals surface area contributed by atoms with Crippen LogP contribution in [-0.2, 0) is 0 Å². The van der Waals surface area contributed by atoms with E-state index < -0.39 is 11.6 Å². The Bertz CT molecular complexity index is 946. The van der Waals surface area contributed by atoms with Crippen molar-refractivity contribution in [2.24, 2.45) is 5.73 Å². The summed E-state index contributed by atoms with van der Waals surface area (Å²) < 4.78 is 28.7. The zero-order chi connectivity index (χ0) is 18.3. The number of nitrogens with zero attached hydrogens (tertiary/aromatic N) is 3. The quantitative estimate of drug-likeness (QED) is 0.668. The number of nitrogens with one attached hydrogen (secondary N) is 1. The highest BCUT2D eigenvalue weighted by molar-refractivity contribution is 5.75. The molecule has 1 aliphatic carbocycles. The number of anilines is 3. The minimum atomic E-state index is -0.688. The van der Waals surface area contributed by atoms with Gasteiger partial charge in [0.1, 0.15) is 17.5 Å². The zero-order valence-electron chi connectivity index (χ0n) is 14.1. The van der Waals surface area contributed by atoms with Gasteiger partial charge in [0.2, 0.25) is 0 Å². The van der Waals surface area contributed by atoms with E-state index in [1.165, 1.54) is 12.1 Å². The van der Waals surface area contributed by atoms with Crippen LogP contribution in [0.3, 0.4) is 0 Å². The molecule has 0 amide bonds. The predicted molar refractivity (Wildman–Crippen MR) is 96.2 cm³/mol. The van der Waals surface area contributed by atoms with Crippen LogP contribution in [0.15, 0.2) is 30.5 Å². The Kier molecular flexibility index (Phi) is 4.20. The first-order chi connectivity index (χ1) is 12.5. The van der Waals surface area contributed by atoms with Gasteiger partial charge >= 0.3 is 0 Å². The fourth-order valence-corrected chi connectivity index (χ4v) is 3.45. The second-order valence-corrected chi connectivity index (χ2v) is 6.78. The average Bonchev–Trinajstić information content (AvgIpc) is 3.02. The molecule has 0 spiro atoms. The van der Waals surface area contributed by atoms with Crippen molar-refractivity contribution < 1.29 is 8.78 Å². The van der Waals surface area contributed by atoms with Crippen molar-refractivity contribution in [1.29, 1.82) is 0 Å². The monoisotopic (exact) mass is 358 g/mol. The van der Waals surface area contributed by atoms with E-state index in [0.29, 0.717) is 17.3 Å². The number of fused-ring (bicyclic) bond motifs is 1. The minimum absolute atomic E-state index is 0.145. The molecule has 2 heterocycles. The summed E-state index contributed by atoms with van der Waals surface area (Å²) in [4.78, 5) is 4.69. The normalized spacial score (nSPS) is 20.4. The molecule has 136 valence electrons. The first-order valence-corrected chi connectivity index (χ1v) is 8.63. The van der Waals surface area contributed by atoms with E-state index in [0.717, 1.165) is 37.4 Å². The summed E-state index contributed by atoms with van der Waals surface area (Å²) in [6.07, 6.45) is 5.77. The largest absolute Gasteiger partial charge is 0.382 e. The van der Waals surface area contributed by atoms with Gasteiger partial charge in [0, 0.05) is 24.1 Å². The molecule has 0 aliphatic heterocycles. The highest BCUT2D eigenvalue weighted by Crippen LogP contribution is 2.33. The molecule has 0 atom stereocenters. The Labute approximate surface area is 149 Å². The Morgan fingerprint density at radius 2 is 1.85 bits per heavy atom. The van der Waals surface area contributed by atoms with E-state index in [2.05, 4.69) is 10.4 Å². The third-order valence-corrected chi connectivity index (χ3v) is 4.85. The summed E-state index contributed by atoms with van der Waals surface area (Å²) in [7, 11) is 0. The maximum absolute atomic E-state index is 14.0. The number of aromatic nitrogens is 3. The molecule has 1 fully saturated rings. The number of benzene rings is 1. The van der Waals surface area contributed by atoms with Crippen LogP contribution in [-0.4, -0.2) is 20.6 Å². The van der Waals surface area contributed by atoms with Crippen LogP contribution in [0.1, 0.15) is 37.3 Å². The number of hydrogen-bond donors (Lipinski definition) is 3. The molecule has 0 saturated heterocycles. The molecule has 5 N–H and O–H groups in total. The van der Waals surface area contributed by atoms with Gasteiger partial charge in [-0.05, 0) is 37.8 Å². The number of hydrogen-bond acceptors (Lipinski definition) is 5. The van der Waals surface area contributed by atoms with Gasteiger partial charge in [-0.3, -0.25) is 0 Å². The molecule has 6 nitrogen and oxygen atoms in total. The summed E-state index contributed by atoms with van der Waals surface area (Å²) in [6.45, 7) is 0. The fraction of sp³-hybridized carbons (Fsp3) is 0.333. The molecule has 1 aliphatic rings. The molecule has 2 aromatic heterocycles. The number of halogens is 2. The van der Waals surface area contributed by atoms with Crippen LogP contribution in [0.5, 0.6) is 0 Å². The van der Waals surface area contributed by atoms with Gasteiger partial charge in [-0.1, -0.05) is 0 Å². The molecule has 0 radical (unpaired) electrons. The van der Waals surface area contributed by atoms with Gasteiger partial charge < -0.3 is 16.8 Å². The molecule has 1 saturated carbocycles. The van der Waals surface area contributed by atoms with Gasteiger partial charge in [-0.2, -0.15) is 0 Å². The van der Waals surface area contributed by atoms with Gasteiger partial charge in [-0.15, -0.1) is 5.10 Å². The second-order valence-electron chi connectivity index (χ2n) is 6.78. The Morgan fingerprint density at radius 1 is 1.08 bits per heavy atom. The molecule has 26 heavy (non-hydrogen) atoms. The van der Waals surface area contributed by atoms with Crippen LogP contribution in [0.2, 0.25) is 0 Å². The Hall–Kier alpha value is -2.74. The van der Waals surface area contributed by atoms with Gasteiger partial charge in [0.25, 0.3) is 0 Å². The maximum atomic E-state index is 14.0. The molecule has 0 bridgehead atoms. The molecular formula is C18H20F2N6. The third-order valence-electron chi connectivity index (χ3n) is 4.85. The van der Waals surface area contributed by atoms with Crippen LogP contribution in [0.4, 0.5) is 26.0 Å². The summed E-state index contributed by atoms with van der Waals surface area (Å²) in [5, 5.41) is 7.20. The average molecular weight is 358 g/mol. The summed E-state index contributed by atoms with van der Waals surface area (Å²) in [5.41, 5.74) is 14.0. The smallest absolute Gasteiger partial charge is 0.177 e. The van der Waals surface area contributed by atoms with Crippen LogP contribution in [0, 0.1) is 11.6 Å². The standard InChI is InChI=1S/C18H20F2N6/c19-11-3-6-14(13(20)7-11)23-15-8-17(22)25-26-9-16(24-18(15)26)10-1-4-12(21)5-2-10/h3,6-10,12,23H,1-2,4-5,21H2,(H2,22,25)/t10-,12-. The lowest BCUT2D eigenvalue weighted by molar-refractivity contribution is 0.391. The molecule has 3 aromatic rings. The van der Waals surface area contributed by atoms with Gasteiger partial charge in [0.05, 0.1) is 23.3 Å². The van der Waals surface area contributed by atoms with Crippen molar-refractivity contribution in [3.05, 3.63) is 47.8 Å². The van der Waals surface area contributed by atoms with Crippen LogP contribution < -0.4 is 16.8 Å². The topological polar surface area (TPSA) is 94.3 Å². The van der Waals surface area contributed by atoms with Gasteiger partial charge in [-0.25, -0.2) is 18.3 Å². The second kappa shape index (κ2) is 6.53. The lowest BCUT2D eigenvalue weighted by Crippen LogP contribution is -2.25. The van der Waals surface area contributed by atoms with E-state index in [1.807, 2.05) is 6.20 Å². The van der Waals surface area contributed by atoms with Crippen molar-refractivity contribution in [1.82, 2.24) is 14.6 Å². The summed E-state index contributed by atoms with van der Waals surface area (Å²) in [5.74, 6) is -0.720. The van der Waals surface area contributed by atoms with E-state index >= 15 is 0 Å². The summed E-state index contributed by atoms with van der Waals surface area (Å²) >= 11 is 0. The molecule has 4 rings (SSSR count). The van der Waals surface area contributed by atoms with E-state index in [4.69, 9.17) is 16.5 Å². The predicted octanol–water partition coefficient (Wildman–Crippen LogP) is 3.32. The molecule has 0 unspecified atom stereocenters. The number of rotatable bonds is 3. The fourth-order valence-electron chi connectivity index (χ4n) is 3.45. The third kappa shape index (κ3) is 3.20. The zero-order valence-corrected chi connectivity index (χ0v) is 14.1. The number of nitrogens with two attached hydrogens (primary N) is 2. The van der Waals surface area contributed by atoms with Gasteiger partial charge in [0.15, 0.2) is 5.65 Å². The minimum Gasteiger partial charge on any atom is -0.382 e. The Morgan fingerprint density at radius 3 is 2.58 bits per heavy atom. The molecule has 1 aromatic carbocycles. The Balaban J connectivity index is 1.70. The van der Waals surface area contributed by atoms with E-state index in [1.54, 1.807) is 10.6 Å². The highest BCUT2D eigenvalue weighted by atomic mass is 19.1. The van der Waals surface area contributed by atoms with Crippen molar-refractivity contribution in [2.75, 3.05) is 11.1 Å². The number of imidazole rings is 1. The lowest BCUT2D eigenvalue weighted by Gasteiger charge is -2.24. The van der Waals surface area contributed by atoms with Crippen molar-refractivity contribution in [3.63, 3.8) is 0 Å². The first kappa shape index (κ1) is 16.7. The maximum Gasteiger partial charge on any atom is 0.177 e. The van der Waals surface area contributed by atoms with Crippen LogP contribution >= 0.6 is 0 Å². The SMILES string of the molecule is Nc1cc(Nc2ccc(F)cc2F)c2nc([C@H]3CC[C@H](N)CC3)cn2n1. The van der Waals surface area contributed by atoms with Crippen molar-refractivity contribution >= 4 is 22.8 Å². The molecular weight excluding hydrogens is 338 g/mol. The van der Waals surface area contributed by atoms with E-state index in [9.17, 15) is 8.78 Å².